The maximum atomic E-state index is 13.9. The fourth-order valence-corrected chi connectivity index (χ4v) is 12.5. The van der Waals surface area contributed by atoms with Crippen molar-refractivity contribution >= 4 is 11.9 Å². The van der Waals surface area contributed by atoms with Crippen molar-refractivity contribution in [3.63, 3.8) is 0 Å². The Hall–Kier alpha value is -2.32. The van der Waals surface area contributed by atoms with Crippen LogP contribution in [0.1, 0.15) is 43.5 Å². The van der Waals surface area contributed by atoms with Crippen molar-refractivity contribution in [1.29, 1.82) is 0 Å². The summed E-state index contributed by atoms with van der Waals surface area (Å²) in [5, 5.41) is 25.4. The lowest BCUT2D eigenvalue weighted by Gasteiger charge is -2.69. The largest absolute Gasteiger partial charge is 0.497 e. The number of piperidine rings is 1. The van der Waals surface area contributed by atoms with E-state index in [4.69, 9.17) is 33.2 Å². The van der Waals surface area contributed by atoms with Gasteiger partial charge in [-0.25, -0.2) is 4.79 Å². The third-order valence-electron chi connectivity index (χ3n) is 13.4. The Balaban J connectivity index is 1.48. The maximum Gasteiger partial charge on any atom is 0.338 e. The van der Waals surface area contributed by atoms with Crippen molar-refractivity contribution < 1.29 is 53.0 Å². The number of aliphatic hydroxyl groups excluding tert-OH is 1. The molecule has 1 spiro atoms. The van der Waals surface area contributed by atoms with Gasteiger partial charge in [0.15, 0.2) is 5.60 Å². The molecule has 1 heterocycles. The lowest BCUT2D eigenvalue weighted by molar-refractivity contribution is -0.317. The molecule has 6 fully saturated rings. The lowest BCUT2D eigenvalue weighted by atomic mass is 9.43. The summed E-state index contributed by atoms with van der Waals surface area (Å²) in [5.41, 5.74) is -4.08. The van der Waals surface area contributed by atoms with Gasteiger partial charge in [-0.1, -0.05) is 6.92 Å². The summed E-state index contributed by atoms with van der Waals surface area (Å²) in [6.45, 7) is 5.39. The number of carbonyl (C=O) groups is 2. The highest BCUT2D eigenvalue weighted by molar-refractivity contribution is 5.89. The average Bonchev–Trinajstić information content (AvgIpc) is 3.43. The van der Waals surface area contributed by atoms with Gasteiger partial charge in [-0.3, -0.25) is 9.69 Å². The smallest absolute Gasteiger partial charge is 0.338 e. The van der Waals surface area contributed by atoms with Crippen molar-refractivity contribution in [3.8, 4) is 5.75 Å². The number of likely N-dealkylation sites (tertiary alicyclic amines) is 1. The molecule has 0 aromatic heterocycles. The molecule has 6 aliphatic rings. The van der Waals surface area contributed by atoms with Crippen LogP contribution in [0.2, 0.25) is 0 Å². The second-order valence-electron chi connectivity index (χ2n) is 14.7. The van der Waals surface area contributed by atoms with E-state index in [0.717, 1.165) is 19.4 Å². The molecule has 1 aromatic carbocycles. The number of nitrogens with zero attached hydrogens (tertiary/aromatic N) is 1. The highest BCUT2D eigenvalue weighted by Crippen LogP contribution is 2.80. The highest BCUT2D eigenvalue weighted by Gasteiger charge is 2.91. The molecule has 5 aliphatic carbocycles. The van der Waals surface area contributed by atoms with Crippen LogP contribution in [0, 0.1) is 34.5 Å². The van der Waals surface area contributed by atoms with Crippen LogP contribution in [0.4, 0.5) is 0 Å². The first-order valence-electron chi connectivity index (χ1n) is 16.8. The number of hydrogen-bond acceptors (Lipinski definition) is 12. The zero-order chi connectivity index (χ0) is 33.7. The Kier molecular flexibility index (Phi) is 8.02. The first-order valence-corrected chi connectivity index (χ1v) is 16.8. The van der Waals surface area contributed by atoms with Gasteiger partial charge >= 0.3 is 11.9 Å². The Labute approximate surface area is 275 Å². The number of benzene rings is 1. The molecule has 12 nitrogen and oxygen atoms in total. The summed E-state index contributed by atoms with van der Waals surface area (Å²) < 4.78 is 43.1. The molecule has 1 aliphatic heterocycles. The van der Waals surface area contributed by atoms with E-state index in [0.29, 0.717) is 18.9 Å². The van der Waals surface area contributed by atoms with Crippen LogP contribution in [-0.2, 0) is 33.2 Å². The summed E-state index contributed by atoms with van der Waals surface area (Å²) in [6.07, 6.45) is -2.79. The van der Waals surface area contributed by atoms with E-state index in [1.54, 1.807) is 52.7 Å². The van der Waals surface area contributed by atoms with Crippen molar-refractivity contribution in [2.24, 2.45) is 34.5 Å². The van der Waals surface area contributed by atoms with Crippen molar-refractivity contribution in [1.82, 2.24) is 4.90 Å². The monoisotopic (exact) mass is 659 g/mol. The second-order valence-corrected chi connectivity index (χ2v) is 14.7. The predicted molar refractivity (Wildman–Crippen MR) is 166 cm³/mol. The zero-order valence-electron chi connectivity index (χ0n) is 28.3. The minimum absolute atomic E-state index is 0.118. The van der Waals surface area contributed by atoms with E-state index >= 15 is 0 Å². The number of aliphatic hydroxyl groups is 2. The molecule has 5 unspecified atom stereocenters. The van der Waals surface area contributed by atoms with Gasteiger partial charge in [0.1, 0.15) is 29.7 Å². The molecule has 260 valence electrons. The van der Waals surface area contributed by atoms with Gasteiger partial charge in [0, 0.05) is 76.5 Å². The number of methoxy groups -OCH3 is 5. The number of fused-ring (bicyclic) bond motifs is 2. The SMILES string of the molecule is CCN1C[C@]2(COC)CCC(OC)C34C1C(C(OC)[C@@H]32)[C@]1(OC(C)=O)[C@H]2[C@@H](OC(=O)c3ccc(OC)cc3)[C@@](O)(C[C@@H]24)[C@@H](OC)[C@@H]1O. The van der Waals surface area contributed by atoms with Gasteiger partial charge in [-0.2, -0.15) is 0 Å². The first kappa shape index (κ1) is 33.2. The third kappa shape index (κ3) is 3.95. The molecule has 0 amide bonds. The fraction of sp³-hybridized carbons (Fsp3) is 0.771. The molecular formula is C35H49NO11. The summed E-state index contributed by atoms with van der Waals surface area (Å²) in [4.78, 5) is 29.6. The van der Waals surface area contributed by atoms with Crippen LogP contribution >= 0.6 is 0 Å². The number of hydrogen-bond donors (Lipinski definition) is 2. The van der Waals surface area contributed by atoms with Crippen molar-refractivity contribution in [2.75, 3.05) is 55.2 Å². The van der Waals surface area contributed by atoms with Gasteiger partial charge in [0.25, 0.3) is 0 Å². The molecule has 7 rings (SSSR count). The van der Waals surface area contributed by atoms with E-state index in [-0.39, 0.29) is 35.5 Å². The molecule has 2 N–H and O–H groups in total. The zero-order valence-corrected chi connectivity index (χ0v) is 28.3. The fourth-order valence-electron chi connectivity index (χ4n) is 12.5. The van der Waals surface area contributed by atoms with Gasteiger partial charge in [0.05, 0.1) is 31.5 Å². The van der Waals surface area contributed by atoms with E-state index < -0.39 is 70.7 Å². The molecule has 0 radical (unpaired) electrons. The Morgan fingerprint density at radius 1 is 1.00 bits per heavy atom. The summed E-state index contributed by atoms with van der Waals surface area (Å²) in [7, 11) is 8.11. The van der Waals surface area contributed by atoms with Crippen molar-refractivity contribution in [3.05, 3.63) is 29.8 Å². The van der Waals surface area contributed by atoms with Crippen molar-refractivity contribution in [2.45, 2.75) is 80.9 Å². The van der Waals surface area contributed by atoms with Gasteiger partial charge < -0.3 is 43.4 Å². The predicted octanol–water partition coefficient (Wildman–Crippen LogP) is 1.69. The quantitative estimate of drug-likeness (QED) is 0.353. The van der Waals surface area contributed by atoms with Crippen LogP contribution in [0.3, 0.4) is 0 Å². The van der Waals surface area contributed by atoms with Crippen LogP contribution < -0.4 is 4.74 Å². The Morgan fingerprint density at radius 3 is 2.30 bits per heavy atom. The maximum absolute atomic E-state index is 13.9. The van der Waals surface area contributed by atoms with E-state index in [9.17, 15) is 19.8 Å². The first-order chi connectivity index (χ1) is 22.5. The van der Waals surface area contributed by atoms with Crippen LogP contribution in [0.5, 0.6) is 5.75 Å². The number of esters is 2. The molecule has 5 saturated carbocycles. The molecule has 47 heavy (non-hydrogen) atoms. The highest BCUT2D eigenvalue weighted by atomic mass is 16.6. The number of rotatable bonds is 10. The summed E-state index contributed by atoms with van der Waals surface area (Å²) >= 11 is 0. The molecule has 1 saturated heterocycles. The van der Waals surface area contributed by atoms with E-state index in [1.807, 2.05) is 0 Å². The van der Waals surface area contributed by atoms with Gasteiger partial charge in [-0.05, 0) is 56.0 Å². The van der Waals surface area contributed by atoms with Crippen LogP contribution in [-0.4, -0.2) is 130 Å². The second kappa shape index (κ2) is 11.4. The lowest BCUT2D eigenvalue weighted by Crippen LogP contribution is -2.80. The average molecular weight is 660 g/mol. The molecule has 14 atom stereocenters. The molecule has 1 aromatic rings. The number of carbonyl (C=O) groups excluding carboxylic acids is 2. The normalized spacial score (nSPS) is 47.4. The molecule has 7 bridgehead atoms. The minimum Gasteiger partial charge on any atom is -0.497 e. The minimum atomic E-state index is -1.79. The summed E-state index contributed by atoms with van der Waals surface area (Å²) in [5.74, 6) is -2.51. The third-order valence-corrected chi connectivity index (χ3v) is 13.4. The molecular weight excluding hydrogens is 610 g/mol. The van der Waals surface area contributed by atoms with E-state index in [1.165, 1.54) is 14.0 Å². The standard InChI is InChI=1S/C35H49NO11/c1-8-36-16-32(17-41-3)14-13-22(43-5)34-21-15-33(40)29(46-31(39)19-9-11-20(42-4)12-10-19)23(21)35(47-18(2)37,28(38)30(33)45-7)24(27(34)36)25(44-6)26(32)34/h9-12,21-30,38,40H,8,13-17H2,1-7H3/t21-,22?,23+,24?,25?,26+,27?,28-,29+,30-,32-,33-,34?,35+/m0/s1. The van der Waals surface area contributed by atoms with Crippen LogP contribution in [0.15, 0.2) is 24.3 Å². The Morgan fingerprint density at radius 2 is 1.72 bits per heavy atom. The van der Waals surface area contributed by atoms with E-state index in [2.05, 4.69) is 11.8 Å². The van der Waals surface area contributed by atoms with Gasteiger partial charge in [-0.15, -0.1) is 0 Å². The Bertz CT molecular complexity index is 1390. The summed E-state index contributed by atoms with van der Waals surface area (Å²) in [6, 6.07) is 6.32. The van der Waals surface area contributed by atoms with Crippen LogP contribution in [0.25, 0.3) is 0 Å². The molecule has 12 heteroatoms. The number of ether oxygens (including phenoxy) is 7. The van der Waals surface area contributed by atoms with Gasteiger partial charge in [0.2, 0.25) is 0 Å². The topological polar surface area (TPSA) is 142 Å².